The number of nitrogens with one attached hydrogen (secondary N) is 2. The number of aromatic amines is 1. The fraction of sp³-hybridized carbons (Fsp3) is 0.429. The maximum atomic E-state index is 4.36. The topological polar surface area (TPSA) is 56.8 Å². The van der Waals surface area contributed by atoms with Crippen LogP contribution in [0.1, 0.15) is 12.6 Å². The number of rotatable bonds is 3. The molecular formula is C14H19N5. The fourth-order valence-electron chi connectivity index (χ4n) is 2.50. The lowest BCUT2D eigenvalue weighted by molar-refractivity contribution is 0.197. The van der Waals surface area contributed by atoms with Crippen LogP contribution in [-0.2, 0) is 6.54 Å². The molecule has 100 valence electrons. The molecule has 0 spiro atoms. The fourth-order valence-corrected chi connectivity index (χ4v) is 2.50. The predicted molar refractivity (Wildman–Crippen MR) is 74.6 cm³/mol. The molecule has 1 aliphatic heterocycles. The van der Waals surface area contributed by atoms with Crippen LogP contribution >= 0.6 is 0 Å². The molecule has 5 nitrogen and oxygen atoms in total. The van der Waals surface area contributed by atoms with Crippen LogP contribution in [0.3, 0.4) is 0 Å². The van der Waals surface area contributed by atoms with Crippen LogP contribution < -0.4 is 5.32 Å². The van der Waals surface area contributed by atoms with Crippen molar-refractivity contribution in [2.45, 2.75) is 19.5 Å². The molecule has 3 rings (SSSR count). The van der Waals surface area contributed by atoms with E-state index in [-0.39, 0.29) is 0 Å². The Labute approximate surface area is 113 Å². The lowest BCUT2D eigenvalue weighted by atomic mass is 10.2. The number of aromatic nitrogens is 3. The second-order valence-electron chi connectivity index (χ2n) is 5.11. The largest absolute Gasteiger partial charge is 0.312 e. The average molecular weight is 257 g/mol. The quantitative estimate of drug-likeness (QED) is 0.869. The van der Waals surface area contributed by atoms with Gasteiger partial charge in [0.25, 0.3) is 0 Å². The Kier molecular flexibility index (Phi) is 3.57. The van der Waals surface area contributed by atoms with Crippen LogP contribution in [0.4, 0.5) is 0 Å². The number of pyridine rings is 1. The zero-order valence-electron chi connectivity index (χ0n) is 11.1. The van der Waals surface area contributed by atoms with E-state index in [2.05, 4.69) is 38.4 Å². The zero-order chi connectivity index (χ0) is 13.1. The number of hydrogen-bond acceptors (Lipinski definition) is 4. The van der Waals surface area contributed by atoms with Crippen molar-refractivity contribution in [3.63, 3.8) is 0 Å². The van der Waals surface area contributed by atoms with Gasteiger partial charge in [-0.1, -0.05) is 0 Å². The summed E-state index contributed by atoms with van der Waals surface area (Å²) in [6, 6.07) is 6.64. The number of H-pyrrole nitrogens is 1. The van der Waals surface area contributed by atoms with Crippen molar-refractivity contribution in [1.82, 2.24) is 25.4 Å². The van der Waals surface area contributed by atoms with Crippen LogP contribution in [0, 0.1) is 0 Å². The molecule has 1 atom stereocenters. The standard InChI is InChI=1S/C14H19N5/c1-11-9-19(6-5-16-11)10-13-7-14(18-17-13)12-3-2-4-15-8-12/h2-4,7-8,11,16H,5-6,9-10H2,1H3,(H,17,18). The highest BCUT2D eigenvalue weighted by Gasteiger charge is 2.16. The molecule has 2 N–H and O–H groups in total. The molecular weight excluding hydrogens is 238 g/mol. The predicted octanol–water partition coefficient (Wildman–Crippen LogP) is 1.27. The van der Waals surface area contributed by atoms with Gasteiger partial charge in [-0.2, -0.15) is 5.10 Å². The van der Waals surface area contributed by atoms with Crippen LogP contribution in [0.15, 0.2) is 30.6 Å². The molecule has 19 heavy (non-hydrogen) atoms. The first kappa shape index (κ1) is 12.3. The first-order valence-electron chi connectivity index (χ1n) is 6.72. The smallest absolute Gasteiger partial charge is 0.0939 e. The van der Waals surface area contributed by atoms with Gasteiger partial charge in [-0.15, -0.1) is 0 Å². The maximum Gasteiger partial charge on any atom is 0.0939 e. The maximum absolute atomic E-state index is 4.36. The molecule has 3 heterocycles. The van der Waals surface area contributed by atoms with Crippen molar-refractivity contribution in [1.29, 1.82) is 0 Å². The van der Waals surface area contributed by atoms with Crippen LogP contribution in [0.25, 0.3) is 11.3 Å². The lowest BCUT2D eigenvalue weighted by Gasteiger charge is -2.31. The molecule has 5 heteroatoms. The molecule has 0 radical (unpaired) electrons. The number of piperazine rings is 1. The Balaban J connectivity index is 1.68. The van der Waals surface area contributed by atoms with Gasteiger partial charge in [-0.25, -0.2) is 0 Å². The van der Waals surface area contributed by atoms with Crippen molar-refractivity contribution >= 4 is 0 Å². The molecule has 0 amide bonds. The Bertz CT molecular complexity index is 522. The highest BCUT2D eigenvalue weighted by atomic mass is 15.2. The van der Waals surface area contributed by atoms with E-state index in [0.29, 0.717) is 6.04 Å². The van der Waals surface area contributed by atoms with E-state index < -0.39 is 0 Å². The minimum Gasteiger partial charge on any atom is -0.312 e. The van der Waals surface area contributed by atoms with E-state index in [1.165, 1.54) is 0 Å². The summed E-state index contributed by atoms with van der Waals surface area (Å²) < 4.78 is 0. The third kappa shape index (κ3) is 3.00. The van der Waals surface area contributed by atoms with Crippen molar-refractivity contribution in [2.24, 2.45) is 0 Å². The minimum atomic E-state index is 0.564. The van der Waals surface area contributed by atoms with E-state index >= 15 is 0 Å². The van der Waals surface area contributed by atoms with E-state index in [4.69, 9.17) is 0 Å². The van der Waals surface area contributed by atoms with E-state index in [0.717, 1.165) is 43.1 Å². The second kappa shape index (κ2) is 5.50. The van der Waals surface area contributed by atoms with Gasteiger partial charge in [0.2, 0.25) is 0 Å². The summed E-state index contributed by atoms with van der Waals surface area (Å²) >= 11 is 0. The molecule has 0 saturated carbocycles. The summed E-state index contributed by atoms with van der Waals surface area (Å²) in [6.07, 6.45) is 3.62. The molecule has 1 fully saturated rings. The average Bonchev–Trinajstić information content (AvgIpc) is 2.88. The Morgan fingerprint density at radius 3 is 3.21 bits per heavy atom. The first-order chi connectivity index (χ1) is 9.31. The molecule has 2 aromatic heterocycles. The van der Waals surface area contributed by atoms with Gasteiger partial charge >= 0.3 is 0 Å². The zero-order valence-corrected chi connectivity index (χ0v) is 11.1. The van der Waals surface area contributed by atoms with Crippen LogP contribution in [-0.4, -0.2) is 45.8 Å². The normalized spacial score (nSPS) is 20.6. The Hall–Kier alpha value is -1.72. The van der Waals surface area contributed by atoms with Gasteiger partial charge in [0.05, 0.1) is 5.69 Å². The third-order valence-corrected chi connectivity index (χ3v) is 3.44. The summed E-state index contributed by atoms with van der Waals surface area (Å²) in [6.45, 7) is 6.39. The SMILES string of the molecule is CC1CN(Cc2cc(-c3cccnc3)n[nH]2)CCN1. The molecule has 0 aliphatic carbocycles. The van der Waals surface area contributed by atoms with Gasteiger partial charge < -0.3 is 5.32 Å². The van der Waals surface area contributed by atoms with Crippen molar-refractivity contribution in [3.05, 3.63) is 36.3 Å². The van der Waals surface area contributed by atoms with Gasteiger partial charge in [0.15, 0.2) is 0 Å². The Morgan fingerprint density at radius 1 is 1.47 bits per heavy atom. The first-order valence-corrected chi connectivity index (χ1v) is 6.72. The Morgan fingerprint density at radius 2 is 2.42 bits per heavy atom. The molecule has 2 aromatic rings. The lowest BCUT2D eigenvalue weighted by Crippen LogP contribution is -2.48. The third-order valence-electron chi connectivity index (χ3n) is 3.44. The molecule has 1 unspecified atom stereocenters. The van der Waals surface area contributed by atoms with Crippen LogP contribution in [0.2, 0.25) is 0 Å². The highest BCUT2D eigenvalue weighted by molar-refractivity contribution is 5.57. The summed E-state index contributed by atoms with van der Waals surface area (Å²) in [5.41, 5.74) is 3.18. The summed E-state index contributed by atoms with van der Waals surface area (Å²) in [4.78, 5) is 6.57. The van der Waals surface area contributed by atoms with Gasteiger partial charge in [-0.3, -0.25) is 15.0 Å². The van der Waals surface area contributed by atoms with E-state index in [1.807, 2.05) is 18.3 Å². The minimum absolute atomic E-state index is 0.564. The van der Waals surface area contributed by atoms with Gasteiger partial charge in [0.1, 0.15) is 0 Å². The van der Waals surface area contributed by atoms with Gasteiger partial charge in [-0.05, 0) is 25.1 Å². The monoisotopic (exact) mass is 257 g/mol. The van der Waals surface area contributed by atoms with Crippen molar-refractivity contribution in [2.75, 3.05) is 19.6 Å². The number of nitrogens with zero attached hydrogens (tertiary/aromatic N) is 3. The molecule has 1 saturated heterocycles. The summed E-state index contributed by atoms with van der Waals surface area (Å²) in [5, 5.41) is 10.9. The molecule has 0 bridgehead atoms. The summed E-state index contributed by atoms with van der Waals surface area (Å²) in [7, 11) is 0. The highest BCUT2D eigenvalue weighted by Crippen LogP contribution is 2.17. The van der Waals surface area contributed by atoms with Gasteiger partial charge in [0, 0.05) is 55.9 Å². The molecule has 1 aliphatic rings. The van der Waals surface area contributed by atoms with Crippen molar-refractivity contribution in [3.8, 4) is 11.3 Å². The molecule has 0 aromatic carbocycles. The van der Waals surface area contributed by atoms with Crippen molar-refractivity contribution < 1.29 is 0 Å². The summed E-state index contributed by atoms with van der Waals surface area (Å²) in [5.74, 6) is 0. The van der Waals surface area contributed by atoms with E-state index in [1.54, 1.807) is 6.20 Å². The second-order valence-corrected chi connectivity index (χ2v) is 5.11. The van der Waals surface area contributed by atoms with Crippen LogP contribution in [0.5, 0.6) is 0 Å². The number of hydrogen-bond donors (Lipinski definition) is 2. The van der Waals surface area contributed by atoms with E-state index in [9.17, 15) is 0 Å².